The highest BCUT2D eigenvalue weighted by atomic mass is 16.5. The third-order valence-electron chi connectivity index (χ3n) is 3.48. The van der Waals surface area contributed by atoms with Gasteiger partial charge in [-0.05, 0) is 12.8 Å². The van der Waals surface area contributed by atoms with Crippen LogP contribution in [0, 0.1) is 5.92 Å². The third kappa shape index (κ3) is 4.05. The molecule has 0 saturated carbocycles. The van der Waals surface area contributed by atoms with E-state index in [1.165, 1.54) is 17.7 Å². The third-order valence-corrected chi connectivity index (χ3v) is 3.48. The average molecular weight is 283 g/mol. The van der Waals surface area contributed by atoms with Gasteiger partial charge in [0.25, 0.3) is 5.56 Å². The van der Waals surface area contributed by atoms with Crippen molar-refractivity contribution in [3.05, 3.63) is 32.6 Å². The lowest BCUT2D eigenvalue weighted by Crippen LogP contribution is -2.42. The fourth-order valence-corrected chi connectivity index (χ4v) is 1.92. The van der Waals surface area contributed by atoms with Crippen LogP contribution in [0.1, 0.15) is 26.5 Å². The van der Waals surface area contributed by atoms with Crippen LogP contribution >= 0.6 is 0 Å². The first-order valence-electron chi connectivity index (χ1n) is 6.95. The second kappa shape index (κ2) is 7.40. The van der Waals surface area contributed by atoms with E-state index in [1.54, 1.807) is 7.05 Å². The van der Waals surface area contributed by atoms with E-state index in [4.69, 9.17) is 4.74 Å². The molecule has 1 N–H and O–H groups in total. The highest BCUT2D eigenvalue weighted by Gasteiger charge is 2.14. The van der Waals surface area contributed by atoms with E-state index >= 15 is 0 Å². The Balaban J connectivity index is 2.83. The maximum absolute atomic E-state index is 11.8. The molecule has 0 aliphatic carbocycles. The molecule has 1 aromatic heterocycles. The molecule has 0 aliphatic rings. The zero-order valence-corrected chi connectivity index (χ0v) is 13.0. The number of ether oxygens (including phenoxy) is 1. The maximum atomic E-state index is 11.8. The second-order valence-corrected chi connectivity index (χ2v) is 5.27. The van der Waals surface area contributed by atoms with E-state index < -0.39 is 0 Å². The van der Waals surface area contributed by atoms with Gasteiger partial charge < -0.3 is 10.1 Å². The molecule has 1 heterocycles. The first kappa shape index (κ1) is 16.7. The quantitative estimate of drug-likeness (QED) is 0.778. The minimum atomic E-state index is -0.305. The molecular formula is C14H25N3O3. The Hall–Kier alpha value is -1.40. The first-order chi connectivity index (χ1) is 9.38. The summed E-state index contributed by atoms with van der Waals surface area (Å²) in [4.78, 5) is 23.5. The molecule has 0 aliphatic heterocycles. The largest absolute Gasteiger partial charge is 0.380 e. The zero-order valence-electron chi connectivity index (χ0n) is 13.0. The molecule has 0 radical (unpaired) electrons. The van der Waals surface area contributed by atoms with Crippen LogP contribution in [0.25, 0.3) is 0 Å². The molecule has 0 fully saturated rings. The van der Waals surface area contributed by atoms with E-state index in [9.17, 15) is 9.59 Å². The lowest BCUT2D eigenvalue weighted by atomic mass is 10.1. The van der Waals surface area contributed by atoms with E-state index in [0.29, 0.717) is 31.4 Å². The van der Waals surface area contributed by atoms with E-state index in [1.807, 2.05) is 6.92 Å². The molecule has 6 heteroatoms. The van der Waals surface area contributed by atoms with Crippen LogP contribution in [0.2, 0.25) is 0 Å². The minimum absolute atomic E-state index is 0.189. The summed E-state index contributed by atoms with van der Waals surface area (Å²) in [6, 6.07) is 1.68. The van der Waals surface area contributed by atoms with Gasteiger partial charge in [-0.2, -0.15) is 0 Å². The fraction of sp³-hybridized carbons (Fsp3) is 0.714. The Morgan fingerprint density at radius 3 is 2.45 bits per heavy atom. The van der Waals surface area contributed by atoms with Crippen molar-refractivity contribution in [2.45, 2.75) is 33.4 Å². The molecule has 1 unspecified atom stereocenters. The van der Waals surface area contributed by atoms with Gasteiger partial charge >= 0.3 is 5.69 Å². The van der Waals surface area contributed by atoms with Gasteiger partial charge in [0.1, 0.15) is 0 Å². The van der Waals surface area contributed by atoms with Crippen molar-refractivity contribution < 1.29 is 4.74 Å². The molecular weight excluding hydrogens is 258 g/mol. The molecule has 20 heavy (non-hydrogen) atoms. The number of aromatic nitrogens is 2. The fourth-order valence-electron chi connectivity index (χ4n) is 1.92. The Morgan fingerprint density at radius 1 is 1.25 bits per heavy atom. The van der Waals surface area contributed by atoms with Crippen LogP contribution in [0.5, 0.6) is 0 Å². The molecule has 1 atom stereocenters. The van der Waals surface area contributed by atoms with Crippen molar-refractivity contribution >= 4 is 0 Å². The number of hydrogen-bond acceptors (Lipinski definition) is 4. The summed E-state index contributed by atoms with van der Waals surface area (Å²) in [7, 11) is 3.15. The lowest BCUT2D eigenvalue weighted by Gasteiger charge is -2.22. The average Bonchev–Trinajstić information content (AvgIpc) is 2.41. The van der Waals surface area contributed by atoms with Crippen molar-refractivity contribution in [2.24, 2.45) is 20.0 Å². The van der Waals surface area contributed by atoms with Gasteiger partial charge in [0.05, 0.1) is 6.61 Å². The van der Waals surface area contributed by atoms with Gasteiger partial charge in [-0.1, -0.05) is 13.8 Å². The standard InChI is InChI=1S/C14H25N3O3/c1-6-20-9-12(10(2)3)15-8-11-7-13(18)17(5)14(19)16(11)4/h7,10,12,15H,6,8-9H2,1-5H3. The minimum Gasteiger partial charge on any atom is -0.380 e. The Labute approximate surface area is 119 Å². The van der Waals surface area contributed by atoms with Crippen LogP contribution in [0.3, 0.4) is 0 Å². The van der Waals surface area contributed by atoms with Crippen LogP contribution < -0.4 is 16.6 Å². The molecule has 1 aromatic rings. The summed E-state index contributed by atoms with van der Waals surface area (Å²) in [5.74, 6) is 0.408. The molecule has 0 spiro atoms. The molecule has 6 nitrogen and oxygen atoms in total. The van der Waals surface area contributed by atoms with Gasteiger partial charge in [0.2, 0.25) is 0 Å². The number of nitrogens with zero attached hydrogens (tertiary/aromatic N) is 2. The molecule has 114 valence electrons. The van der Waals surface area contributed by atoms with Gasteiger partial charge in [0.15, 0.2) is 0 Å². The van der Waals surface area contributed by atoms with Crippen LogP contribution in [-0.2, 0) is 25.4 Å². The number of nitrogens with one attached hydrogen (secondary N) is 1. The Bertz CT molecular complexity index is 546. The van der Waals surface area contributed by atoms with Crippen LogP contribution in [-0.4, -0.2) is 28.4 Å². The normalized spacial score (nSPS) is 12.9. The molecule has 0 amide bonds. The van der Waals surface area contributed by atoms with Gasteiger partial charge in [0, 0.05) is 45.0 Å². The monoisotopic (exact) mass is 283 g/mol. The first-order valence-corrected chi connectivity index (χ1v) is 6.95. The summed E-state index contributed by atoms with van der Waals surface area (Å²) in [6.45, 7) is 7.95. The van der Waals surface area contributed by atoms with Gasteiger partial charge in [-0.25, -0.2) is 4.79 Å². The van der Waals surface area contributed by atoms with E-state index in [0.717, 1.165) is 4.57 Å². The van der Waals surface area contributed by atoms with E-state index in [-0.39, 0.29) is 17.3 Å². The van der Waals surface area contributed by atoms with Gasteiger partial charge in [-0.15, -0.1) is 0 Å². The van der Waals surface area contributed by atoms with Crippen molar-refractivity contribution in [1.29, 1.82) is 0 Å². The SMILES string of the molecule is CCOCC(NCc1cc(=O)n(C)c(=O)n1C)C(C)C. The highest BCUT2D eigenvalue weighted by molar-refractivity contribution is 5.02. The predicted octanol–water partition coefficient (Wildman–Crippen LogP) is 0.235. The molecule has 0 bridgehead atoms. The summed E-state index contributed by atoms with van der Waals surface area (Å²) in [6.07, 6.45) is 0. The number of hydrogen-bond donors (Lipinski definition) is 1. The smallest absolute Gasteiger partial charge is 0.330 e. The van der Waals surface area contributed by atoms with Crippen LogP contribution in [0.15, 0.2) is 15.7 Å². The molecule has 0 saturated heterocycles. The molecule has 0 aromatic carbocycles. The summed E-state index contributed by atoms with van der Waals surface area (Å²) in [5, 5.41) is 3.35. The summed E-state index contributed by atoms with van der Waals surface area (Å²) in [5.41, 5.74) is 0.0938. The predicted molar refractivity (Wildman–Crippen MR) is 78.9 cm³/mol. The number of rotatable bonds is 7. The maximum Gasteiger partial charge on any atom is 0.330 e. The van der Waals surface area contributed by atoms with Crippen molar-refractivity contribution in [3.8, 4) is 0 Å². The molecule has 1 rings (SSSR count). The Kier molecular flexibility index (Phi) is 6.16. The second-order valence-electron chi connectivity index (χ2n) is 5.27. The van der Waals surface area contributed by atoms with Crippen molar-refractivity contribution in [2.75, 3.05) is 13.2 Å². The van der Waals surface area contributed by atoms with Crippen molar-refractivity contribution in [1.82, 2.24) is 14.5 Å². The zero-order chi connectivity index (χ0) is 15.3. The topological polar surface area (TPSA) is 65.3 Å². The summed E-state index contributed by atoms with van der Waals surface area (Å²) >= 11 is 0. The van der Waals surface area contributed by atoms with E-state index in [2.05, 4.69) is 19.2 Å². The van der Waals surface area contributed by atoms with Crippen molar-refractivity contribution in [3.63, 3.8) is 0 Å². The lowest BCUT2D eigenvalue weighted by molar-refractivity contribution is 0.107. The van der Waals surface area contributed by atoms with Gasteiger partial charge in [-0.3, -0.25) is 13.9 Å². The Morgan fingerprint density at radius 2 is 1.90 bits per heavy atom. The van der Waals surface area contributed by atoms with Crippen LogP contribution in [0.4, 0.5) is 0 Å². The highest BCUT2D eigenvalue weighted by Crippen LogP contribution is 2.03. The summed E-state index contributed by atoms with van der Waals surface area (Å²) < 4.78 is 8.04.